The average molecular weight is 460 g/mol. The fourth-order valence-corrected chi connectivity index (χ4v) is 2.86. The minimum Gasteiger partial charge on any atom is -0.507 e. The third kappa shape index (κ3) is 7.50. The Bertz CT molecular complexity index is 560. The number of hydrogen-bond donors (Lipinski definition) is 4. The quantitative estimate of drug-likeness (QED) is 0.228. The highest BCUT2D eigenvalue weighted by atomic mass is 127. The molecule has 0 spiro atoms. The van der Waals surface area contributed by atoms with Gasteiger partial charge in [-0.2, -0.15) is 0 Å². The van der Waals surface area contributed by atoms with E-state index in [1.807, 2.05) is 6.92 Å². The van der Waals surface area contributed by atoms with E-state index in [1.54, 1.807) is 18.2 Å². The molecule has 4 N–H and O–H groups in total. The number of halogens is 1. The van der Waals surface area contributed by atoms with Crippen LogP contribution in [0.1, 0.15) is 49.4 Å². The maximum Gasteiger partial charge on any atom is 0.255 e. The topological polar surface area (TPSA) is 85.8 Å². The van der Waals surface area contributed by atoms with Gasteiger partial charge in [-0.25, -0.2) is 0 Å². The van der Waals surface area contributed by atoms with Gasteiger partial charge in [0.05, 0.1) is 12.1 Å². The molecule has 1 saturated carbocycles. The number of para-hydroxylation sites is 1. The number of hydrogen-bond acceptors (Lipinski definition) is 3. The predicted molar refractivity (Wildman–Crippen MR) is 112 cm³/mol. The van der Waals surface area contributed by atoms with Crippen molar-refractivity contribution in [2.75, 3.05) is 19.6 Å². The van der Waals surface area contributed by atoms with Crippen LogP contribution in [0.2, 0.25) is 0 Å². The first-order chi connectivity index (χ1) is 11.7. The second-order valence-electron chi connectivity index (χ2n) is 6.01. The van der Waals surface area contributed by atoms with Crippen molar-refractivity contribution in [2.24, 2.45) is 4.99 Å². The molecule has 0 saturated heterocycles. The van der Waals surface area contributed by atoms with Gasteiger partial charge in [-0.15, -0.1) is 24.0 Å². The number of nitrogens with one attached hydrogen (secondary N) is 3. The van der Waals surface area contributed by atoms with Crippen LogP contribution in [0.4, 0.5) is 0 Å². The number of carbonyl (C=O) groups excluding carboxylic acids is 1. The molecule has 1 aliphatic carbocycles. The summed E-state index contributed by atoms with van der Waals surface area (Å²) in [6, 6.07) is 7.01. The first kappa shape index (κ1) is 21.5. The lowest BCUT2D eigenvalue weighted by Crippen LogP contribution is -2.44. The molecule has 0 radical (unpaired) electrons. The van der Waals surface area contributed by atoms with Crippen molar-refractivity contribution < 1.29 is 9.90 Å². The van der Waals surface area contributed by atoms with Crippen LogP contribution in [-0.4, -0.2) is 42.6 Å². The number of guanidine groups is 1. The van der Waals surface area contributed by atoms with E-state index in [9.17, 15) is 9.90 Å². The maximum absolute atomic E-state index is 12.0. The lowest BCUT2D eigenvalue weighted by Gasteiger charge is -2.24. The summed E-state index contributed by atoms with van der Waals surface area (Å²) in [7, 11) is 0. The molecule has 0 unspecified atom stereocenters. The number of nitrogens with zero attached hydrogens (tertiary/aromatic N) is 1. The number of rotatable bonds is 6. The van der Waals surface area contributed by atoms with E-state index in [0.717, 1.165) is 12.5 Å². The summed E-state index contributed by atoms with van der Waals surface area (Å²) < 4.78 is 0. The van der Waals surface area contributed by atoms with Gasteiger partial charge in [0.25, 0.3) is 5.91 Å². The Balaban J connectivity index is 0.00000312. The van der Waals surface area contributed by atoms with E-state index in [1.165, 1.54) is 38.2 Å². The lowest BCUT2D eigenvalue weighted by atomic mass is 9.96. The molecule has 0 heterocycles. The molecule has 0 aromatic heterocycles. The second-order valence-corrected chi connectivity index (χ2v) is 6.01. The summed E-state index contributed by atoms with van der Waals surface area (Å²) in [5.74, 6) is 0.514. The third-order valence-electron chi connectivity index (χ3n) is 4.11. The van der Waals surface area contributed by atoms with Gasteiger partial charge in [0.2, 0.25) is 0 Å². The highest BCUT2D eigenvalue weighted by molar-refractivity contribution is 14.0. The summed E-state index contributed by atoms with van der Waals surface area (Å²) in [6.07, 6.45) is 6.24. The molecule has 2 rings (SSSR count). The van der Waals surface area contributed by atoms with E-state index in [-0.39, 0.29) is 41.2 Å². The first-order valence-electron chi connectivity index (χ1n) is 8.81. The molecule has 7 heteroatoms. The molecule has 1 aliphatic rings. The summed E-state index contributed by atoms with van der Waals surface area (Å²) in [4.78, 5) is 16.5. The number of amides is 1. The van der Waals surface area contributed by atoms with Crippen LogP contribution < -0.4 is 16.0 Å². The number of phenolic OH excluding ortho intramolecular Hbond substituents is 1. The maximum atomic E-state index is 12.0. The van der Waals surface area contributed by atoms with E-state index >= 15 is 0 Å². The zero-order chi connectivity index (χ0) is 17.2. The first-order valence-corrected chi connectivity index (χ1v) is 8.81. The molecule has 1 aromatic rings. The molecule has 6 nitrogen and oxygen atoms in total. The van der Waals surface area contributed by atoms with Crippen molar-refractivity contribution in [2.45, 2.75) is 45.1 Å². The van der Waals surface area contributed by atoms with Gasteiger partial charge in [0, 0.05) is 19.1 Å². The lowest BCUT2D eigenvalue weighted by molar-refractivity contribution is 0.0952. The average Bonchev–Trinajstić information content (AvgIpc) is 2.60. The van der Waals surface area contributed by atoms with Crippen molar-refractivity contribution >= 4 is 35.8 Å². The Morgan fingerprint density at radius 2 is 1.92 bits per heavy atom. The summed E-state index contributed by atoms with van der Waals surface area (Å²) in [5.41, 5.74) is 0.286. The summed E-state index contributed by atoms with van der Waals surface area (Å²) in [5, 5.41) is 19.2. The van der Waals surface area contributed by atoms with Crippen molar-refractivity contribution in [3.63, 3.8) is 0 Å². The van der Waals surface area contributed by atoms with Gasteiger partial charge < -0.3 is 21.1 Å². The van der Waals surface area contributed by atoms with Gasteiger partial charge >= 0.3 is 0 Å². The molecule has 1 amide bonds. The van der Waals surface area contributed by atoms with Crippen LogP contribution in [0.15, 0.2) is 29.3 Å². The van der Waals surface area contributed by atoms with Gasteiger partial charge in [-0.05, 0) is 31.9 Å². The summed E-state index contributed by atoms with van der Waals surface area (Å²) in [6.45, 7) is 3.76. The largest absolute Gasteiger partial charge is 0.507 e. The van der Waals surface area contributed by atoms with Gasteiger partial charge in [-0.1, -0.05) is 31.4 Å². The highest BCUT2D eigenvalue weighted by Crippen LogP contribution is 2.17. The Morgan fingerprint density at radius 3 is 2.60 bits per heavy atom. The number of aliphatic imine (C=N–C) groups is 1. The SMILES string of the molecule is CCNC(=NCCNC(=O)c1ccccc1O)NC1CCCCC1.I. The van der Waals surface area contributed by atoms with Crippen LogP contribution in [-0.2, 0) is 0 Å². The van der Waals surface area contributed by atoms with E-state index in [2.05, 4.69) is 20.9 Å². The van der Waals surface area contributed by atoms with Crippen LogP contribution in [0.3, 0.4) is 0 Å². The normalized spacial score (nSPS) is 15.2. The Labute approximate surface area is 166 Å². The second kappa shape index (κ2) is 11.9. The molecular formula is C18H29IN4O2. The molecule has 25 heavy (non-hydrogen) atoms. The molecule has 1 aromatic carbocycles. The monoisotopic (exact) mass is 460 g/mol. The Hall–Kier alpha value is -1.51. The van der Waals surface area contributed by atoms with Crippen molar-refractivity contribution in [3.05, 3.63) is 29.8 Å². The molecule has 0 bridgehead atoms. The molecule has 140 valence electrons. The van der Waals surface area contributed by atoms with Crippen molar-refractivity contribution in [3.8, 4) is 5.75 Å². The fourth-order valence-electron chi connectivity index (χ4n) is 2.86. The van der Waals surface area contributed by atoms with E-state index in [4.69, 9.17) is 0 Å². The zero-order valence-corrected chi connectivity index (χ0v) is 17.1. The van der Waals surface area contributed by atoms with Gasteiger partial charge in [-0.3, -0.25) is 9.79 Å². The highest BCUT2D eigenvalue weighted by Gasteiger charge is 2.14. The Kier molecular flexibility index (Phi) is 10.3. The molecule has 1 fully saturated rings. The number of carbonyl (C=O) groups is 1. The standard InChI is InChI=1S/C18H28N4O2.HI/c1-2-19-18(22-14-8-4-3-5-9-14)21-13-12-20-17(24)15-10-6-7-11-16(15)23;/h6-7,10-11,14,23H,2-5,8-9,12-13H2,1H3,(H,20,24)(H2,19,21,22);1H. The van der Waals surface area contributed by atoms with Crippen molar-refractivity contribution in [1.29, 1.82) is 0 Å². The fraction of sp³-hybridized carbons (Fsp3) is 0.556. The van der Waals surface area contributed by atoms with Gasteiger partial charge in [0.15, 0.2) is 5.96 Å². The van der Waals surface area contributed by atoms with Crippen LogP contribution in [0.25, 0.3) is 0 Å². The van der Waals surface area contributed by atoms with Crippen LogP contribution in [0.5, 0.6) is 5.75 Å². The summed E-state index contributed by atoms with van der Waals surface area (Å²) >= 11 is 0. The molecule has 0 aliphatic heterocycles. The smallest absolute Gasteiger partial charge is 0.255 e. The third-order valence-corrected chi connectivity index (χ3v) is 4.11. The molecular weight excluding hydrogens is 431 g/mol. The predicted octanol–water partition coefficient (Wildman–Crippen LogP) is 2.63. The van der Waals surface area contributed by atoms with Gasteiger partial charge in [0.1, 0.15) is 5.75 Å². The molecule has 0 atom stereocenters. The number of phenols is 1. The number of benzene rings is 1. The minimum absolute atomic E-state index is 0. The number of aromatic hydroxyl groups is 1. The van der Waals surface area contributed by atoms with Crippen molar-refractivity contribution in [1.82, 2.24) is 16.0 Å². The van der Waals surface area contributed by atoms with Crippen LogP contribution >= 0.6 is 24.0 Å². The minimum atomic E-state index is -0.284. The van der Waals surface area contributed by atoms with E-state index < -0.39 is 0 Å². The van der Waals surface area contributed by atoms with Crippen LogP contribution in [0, 0.1) is 0 Å². The van der Waals surface area contributed by atoms with E-state index in [0.29, 0.717) is 19.1 Å². The Morgan fingerprint density at radius 1 is 1.20 bits per heavy atom. The zero-order valence-electron chi connectivity index (χ0n) is 14.8.